The first-order valence-electron chi connectivity index (χ1n) is 10.9. The van der Waals surface area contributed by atoms with E-state index in [1.165, 1.54) is 27.7 Å². The van der Waals surface area contributed by atoms with Crippen LogP contribution in [0.1, 0.15) is 22.0 Å². The fourth-order valence-corrected chi connectivity index (χ4v) is 5.54. The Morgan fingerprint density at radius 1 is 1.00 bits per heavy atom. The van der Waals surface area contributed by atoms with Crippen LogP contribution in [0.25, 0.3) is 4.96 Å². The van der Waals surface area contributed by atoms with Gasteiger partial charge in [-0.1, -0.05) is 47.7 Å². The Balaban J connectivity index is 1.45. The molecule has 172 valence electrons. The lowest BCUT2D eigenvalue weighted by atomic mass is 10.0. The summed E-state index contributed by atoms with van der Waals surface area (Å²) in [5, 5.41) is 15.2. The van der Waals surface area contributed by atoms with Gasteiger partial charge in [-0.2, -0.15) is 9.61 Å². The van der Waals surface area contributed by atoms with E-state index in [4.69, 9.17) is 9.47 Å². The minimum absolute atomic E-state index is 0.138. The van der Waals surface area contributed by atoms with E-state index in [0.717, 1.165) is 43.2 Å². The Bertz CT molecular complexity index is 1220. The summed E-state index contributed by atoms with van der Waals surface area (Å²) in [5.41, 5.74) is 2.36. The van der Waals surface area contributed by atoms with E-state index < -0.39 is 0 Å². The van der Waals surface area contributed by atoms with Crippen LogP contribution in [0.4, 0.5) is 0 Å². The van der Waals surface area contributed by atoms with Gasteiger partial charge in [-0.05, 0) is 23.3 Å². The van der Waals surface area contributed by atoms with Gasteiger partial charge in [-0.25, -0.2) is 4.98 Å². The van der Waals surface area contributed by atoms with Crippen LogP contribution < -0.4 is 9.47 Å². The van der Waals surface area contributed by atoms with Crippen LogP contribution in [0.15, 0.2) is 54.9 Å². The normalized spacial score (nSPS) is 16.2. The molecular weight excluding hydrogens is 438 g/mol. The number of benzene rings is 2. The second-order valence-electron chi connectivity index (χ2n) is 8.06. The molecule has 5 rings (SSSR count). The van der Waals surface area contributed by atoms with Crippen molar-refractivity contribution in [3.05, 3.63) is 70.9 Å². The summed E-state index contributed by atoms with van der Waals surface area (Å²) in [7, 11) is 3.27. The first-order chi connectivity index (χ1) is 16.2. The lowest BCUT2D eigenvalue weighted by Gasteiger charge is -2.39. The van der Waals surface area contributed by atoms with Crippen molar-refractivity contribution in [3.63, 3.8) is 0 Å². The maximum atomic E-state index is 11.0. The monoisotopic (exact) mass is 465 g/mol. The zero-order valence-electron chi connectivity index (χ0n) is 18.7. The standard InChI is InChI=1S/C24H27N5O3S/c1-31-19-9-8-18(14-20(19)32-2)21(22-23(30)29-24(33-22)25-16-26-29)28-12-10-27(11-13-28)15-17-6-4-3-5-7-17/h3-9,14,16,21,30H,10-13,15H2,1-2H3. The number of aromatic hydroxyl groups is 1. The molecule has 1 aliphatic rings. The highest BCUT2D eigenvalue weighted by atomic mass is 32.1. The minimum Gasteiger partial charge on any atom is -0.493 e. The molecule has 8 nitrogen and oxygen atoms in total. The second kappa shape index (κ2) is 9.38. The van der Waals surface area contributed by atoms with Crippen LogP contribution in [-0.2, 0) is 6.54 Å². The molecule has 4 aromatic rings. The van der Waals surface area contributed by atoms with Crippen LogP contribution >= 0.6 is 11.3 Å². The van der Waals surface area contributed by atoms with Crippen molar-refractivity contribution in [2.45, 2.75) is 12.6 Å². The van der Waals surface area contributed by atoms with E-state index >= 15 is 0 Å². The van der Waals surface area contributed by atoms with E-state index in [2.05, 4.69) is 44.1 Å². The second-order valence-corrected chi connectivity index (χ2v) is 9.07. The van der Waals surface area contributed by atoms with Crippen LogP contribution in [0, 0.1) is 0 Å². The van der Waals surface area contributed by atoms with Gasteiger partial charge in [0, 0.05) is 32.7 Å². The largest absolute Gasteiger partial charge is 0.493 e. The summed E-state index contributed by atoms with van der Waals surface area (Å²) in [4.78, 5) is 10.7. The zero-order chi connectivity index (χ0) is 22.8. The van der Waals surface area contributed by atoms with Gasteiger partial charge in [0.2, 0.25) is 10.8 Å². The number of thiazole rings is 1. The molecular formula is C24H27N5O3S. The average molecular weight is 466 g/mol. The number of aromatic nitrogens is 3. The first-order valence-corrected chi connectivity index (χ1v) is 11.7. The number of hydrogen-bond acceptors (Lipinski definition) is 8. The van der Waals surface area contributed by atoms with Crippen molar-refractivity contribution in [3.8, 4) is 17.4 Å². The maximum Gasteiger partial charge on any atom is 0.230 e. The van der Waals surface area contributed by atoms with Crippen molar-refractivity contribution in [2.24, 2.45) is 0 Å². The number of ether oxygens (including phenoxy) is 2. The number of piperazine rings is 1. The molecule has 1 unspecified atom stereocenters. The topological polar surface area (TPSA) is 75.4 Å². The highest BCUT2D eigenvalue weighted by Gasteiger charge is 2.32. The molecule has 1 N–H and O–H groups in total. The van der Waals surface area contributed by atoms with E-state index in [1.54, 1.807) is 14.2 Å². The van der Waals surface area contributed by atoms with Crippen LogP contribution in [-0.4, -0.2) is 69.9 Å². The lowest BCUT2D eigenvalue weighted by molar-refractivity contribution is 0.105. The van der Waals surface area contributed by atoms with Crippen LogP contribution in [0.5, 0.6) is 17.4 Å². The van der Waals surface area contributed by atoms with Crippen LogP contribution in [0.3, 0.4) is 0 Å². The summed E-state index contributed by atoms with van der Waals surface area (Å²) in [5.74, 6) is 1.49. The fourth-order valence-electron chi connectivity index (χ4n) is 4.44. The molecule has 0 amide bonds. The summed E-state index contributed by atoms with van der Waals surface area (Å²) >= 11 is 1.47. The quantitative estimate of drug-likeness (QED) is 0.448. The van der Waals surface area contributed by atoms with E-state index in [1.807, 2.05) is 24.3 Å². The molecule has 0 radical (unpaired) electrons. The number of rotatable bonds is 7. The van der Waals surface area contributed by atoms with E-state index in [0.29, 0.717) is 16.5 Å². The molecule has 9 heteroatoms. The lowest BCUT2D eigenvalue weighted by Crippen LogP contribution is -2.47. The SMILES string of the molecule is COc1ccc(C(c2sc3ncnn3c2O)N2CCN(Cc3ccccc3)CC2)cc1OC. The molecule has 3 heterocycles. The summed E-state index contributed by atoms with van der Waals surface area (Å²) in [6, 6.07) is 16.4. The Hall–Kier alpha value is -3.14. The van der Waals surface area contributed by atoms with Gasteiger partial charge in [0.25, 0.3) is 0 Å². The Morgan fingerprint density at radius 3 is 2.45 bits per heavy atom. The Labute approximate surface area is 196 Å². The molecule has 1 saturated heterocycles. The number of methoxy groups -OCH3 is 2. The third-order valence-corrected chi connectivity index (χ3v) is 7.22. The van der Waals surface area contributed by atoms with Gasteiger partial charge in [0.15, 0.2) is 11.5 Å². The number of nitrogens with zero attached hydrogens (tertiary/aromatic N) is 5. The summed E-state index contributed by atoms with van der Waals surface area (Å²) < 4.78 is 12.5. The Kier molecular flexibility index (Phi) is 6.17. The molecule has 0 spiro atoms. The van der Waals surface area contributed by atoms with E-state index in [-0.39, 0.29) is 11.9 Å². The first kappa shape index (κ1) is 21.7. The van der Waals surface area contributed by atoms with Crippen molar-refractivity contribution in [1.29, 1.82) is 0 Å². The van der Waals surface area contributed by atoms with Crippen molar-refractivity contribution in [1.82, 2.24) is 24.4 Å². The molecule has 1 aliphatic heterocycles. The van der Waals surface area contributed by atoms with Crippen LogP contribution in [0.2, 0.25) is 0 Å². The summed E-state index contributed by atoms with van der Waals surface area (Å²) in [6.45, 7) is 4.58. The smallest absolute Gasteiger partial charge is 0.230 e. The van der Waals surface area contributed by atoms with Gasteiger partial charge < -0.3 is 14.6 Å². The molecule has 0 bridgehead atoms. The van der Waals surface area contributed by atoms with Gasteiger partial charge in [-0.15, -0.1) is 0 Å². The highest BCUT2D eigenvalue weighted by Crippen LogP contribution is 2.42. The van der Waals surface area contributed by atoms with Gasteiger partial charge in [0.05, 0.1) is 25.1 Å². The molecule has 2 aromatic heterocycles. The maximum absolute atomic E-state index is 11.0. The summed E-state index contributed by atoms with van der Waals surface area (Å²) in [6.07, 6.45) is 1.46. The zero-order valence-corrected chi connectivity index (χ0v) is 19.5. The third-order valence-electron chi connectivity index (χ3n) is 6.13. The van der Waals surface area contributed by atoms with Gasteiger partial charge in [-0.3, -0.25) is 9.80 Å². The molecule has 1 atom stereocenters. The molecule has 0 aliphatic carbocycles. The molecule has 2 aromatic carbocycles. The predicted octanol–water partition coefficient (Wildman–Crippen LogP) is 3.42. The molecule has 1 fully saturated rings. The molecule has 0 saturated carbocycles. The van der Waals surface area contributed by atoms with Crippen molar-refractivity contribution in [2.75, 3.05) is 40.4 Å². The van der Waals surface area contributed by atoms with Gasteiger partial charge in [0.1, 0.15) is 6.33 Å². The van der Waals surface area contributed by atoms with E-state index in [9.17, 15) is 5.11 Å². The average Bonchev–Trinajstić information content (AvgIpc) is 3.44. The predicted molar refractivity (Wildman–Crippen MR) is 127 cm³/mol. The van der Waals surface area contributed by atoms with Crippen molar-refractivity contribution >= 4 is 16.3 Å². The minimum atomic E-state index is -0.141. The fraction of sp³-hybridized carbons (Fsp3) is 0.333. The molecule has 33 heavy (non-hydrogen) atoms. The highest BCUT2D eigenvalue weighted by molar-refractivity contribution is 7.17. The van der Waals surface area contributed by atoms with Gasteiger partial charge >= 0.3 is 0 Å². The number of hydrogen-bond donors (Lipinski definition) is 1. The number of fused-ring (bicyclic) bond motifs is 1. The van der Waals surface area contributed by atoms with Crippen molar-refractivity contribution < 1.29 is 14.6 Å². The Morgan fingerprint density at radius 2 is 1.76 bits per heavy atom. The third kappa shape index (κ3) is 4.27.